The number of nitrogens with zero attached hydrogens (tertiary/aromatic N) is 2. The number of ketones is 1. The predicted molar refractivity (Wildman–Crippen MR) is 126 cm³/mol. The molecule has 0 radical (unpaired) electrons. The van der Waals surface area contributed by atoms with Crippen molar-refractivity contribution in [1.82, 2.24) is 9.88 Å². The van der Waals surface area contributed by atoms with Gasteiger partial charge in [-0.2, -0.15) is 0 Å². The minimum Gasteiger partial charge on any atom is -0.507 e. The summed E-state index contributed by atoms with van der Waals surface area (Å²) in [5.41, 5.74) is 1.76. The number of hydrogen-bond donors (Lipinski definition) is 1. The van der Waals surface area contributed by atoms with Gasteiger partial charge in [0.15, 0.2) is 0 Å². The van der Waals surface area contributed by atoms with Crippen molar-refractivity contribution in [3.63, 3.8) is 0 Å². The Morgan fingerprint density at radius 1 is 1.06 bits per heavy atom. The fraction of sp³-hybridized carbons (Fsp3) is 0.160. The molecule has 2 heterocycles. The monoisotopic (exact) mass is 482 g/mol. The highest BCUT2D eigenvalue weighted by Gasteiger charge is 2.46. The number of pyridine rings is 1. The molecule has 2 aromatic carbocycles. The Bertz CT molecular complexity index is 1230. The molecule has 1 aromatic heterocycles. The molecule has 1 aliphatic heterocycles. The highest BCUT2D eigenvalue weighted by atomic mass is 35.5. The van der Waals surface area contributed by atoms with E-state index in [1.165, 1.54) is 4.90 Å². The quantitative estimate of drug-likeness (QED) is 0.288. The summed E-state index contributed by atoms with van der Waals surface area (Å²) in [6.07, 6.45) is 3.23. The Hall–Kier alpha value is -3.35. The second-order valence-corrected chi connectivity index (χ2v) is 8.26. The summed E-state index contributed by atoms with van der Waals surface area (Å²) >= 11 is 12.2. The molecule has 1 amide bonds. The van der Waals surface area contributed by atoms with Gasteiger partial charge < -0.3 is 14.7 Å². The van der Waals surface area contributed by atoms with Gasteiger partial charge in [0.25, 0.3) is 11.7 Å². The summed E-state index contributed by atoms with van der Waals surface area (Å²) in [5.74, 6) is -1.40. The van der Waals surface area contributed by atoms with E-state index in [1.54, 1.807) is 67.0 Å². The predicted octanol–water partition coefficient (Wildman–Crippen LogP) is 5.41. The Morgan fingerprint density at radius 2 is 1.76 bits per heavy atom. The summed E-state index contributed by atoms with van der Waals surface area (Å²) in [6.45, 7) is 2.36. The van der Waals surface area contributed by atoms with Crippen molar-refractivity contribution in [3.05, 3.63) is 99.3 Å². The van der Waals surface area contributed by atoms with Gasteiger partial charge in [-0.3, -0.25) is 14.6 Å². The lowest BCUT2D eigenvalue weighted by atomic mass is 9.95. The number of aliphatic hydroxyl groups excluding tert-OH is 1. The van der Waals surface area contributed by atoms with Gasteiger partial charge in [0.05, 0.1) is 23.2 Å². The number of halogens is 2. The number of Topliss-reactive ketones (excluding diaryl/α,β-unsaturated/α-hetero) is 1. The van der Waals surface area contributed by atoms with Crippen LogP contribution in [-0.4, -0.2) is 33.3 Å². The molecule has 1 atom stereocenters. The van der Waals surface area contributed by atoms with Crippen LogP contribution in [0.15, 0.2) is 72.6 Å². The van der Waals surface area contributed by atoms with E-state index in [4.69, 9.17) is 27.9 Å². The van der Waals surface area contributed by atoms with E-state index >= 15 is 0 Å². The molecular formula is C25H20Cl2N2O4. The Morgan fingerprint density at radius 3 is 2.42 bits per heavy atom. The van der Waals surface area contributed by atoms with Crippen molar-refractivity contribution >= 4 is 40.7 Å². The smallest absolute Gasteiger partial charge is 0.295 e. The molecule has 0 aliphatic carbocycles. The van der Waals surface area contributed by atoms with Crippen LogP contribution in [0.5, 0.6) is 5.75 Å². The van der Waals surface area contributed by atoms with E-state index in [2.05, 4.69) is 4.98 Å². The number of rotatable bonds is 6. The van der Waals surface area contributed by atoms with Crippen LogP contribution in [-0.2, 0) is 16.1 Å². The minimum atomic E-state index is -0.804. The third kappa shape index (κ3) is 4.58. The molecule has 8 heteroatoms. The maximum atomic E-state index is 13.1. The molecule has 1 unspecified atom stereocenters. The number of benzene rings is 2. The van der Waals surface area contributed by atoms with Crippen LogP contribution in [0, 0.1) is 0 Å². The summed E-state index contributed by atoms with van der Waals surface area (Å²) in [4.78, 5) is 31.7. The zero-order chi connectivity index (χ0) is 23.5. The van der Waals surface area contributed by atoms with E-state index < -0.39 is 17.7 Å². The average molecular weight is 483 g/mol. The van der Waals surface area contributed by atoms with Crippen molar-refractivity contribution in [2.75, 3.05) is 6.61 Å². The standard InChI is InChI=1S/C25H20Cl2N2O4/c1-2-33-20-13-17(5-8-19(20)27)23(30)21-22(16-3-6-18(26)7-4-16)29(25(32)24(21)31)14-15-9-11-28-12-10-15/h3-13,22,30H,2,14H2,1H3/b23-21-. The third-order valence-corrected chi connectivity index (χ3v) is 5.90. The molecule has 168 valence electrons. The first-order chi connectivity index (χ1) is 15.9. The van der Waals surface area contributed by atoms with Gasteiger partial charge in [0, 0.05) is 29.5 Å². The topological polar surface area (TPSA) is 79.7 Å². The van der Waals surface area contributed by atoms with Gasteiger partial charge in [-0.25, -0.2) is 0 Å². The zero-order valence-electron chi connectivity index (χ0n) is 17.7. The molecule has 1 N–H and O–H groups in total. The van der Waals surface area contributed by atoms with Gasteiger partial charge in [-0.05, 0) is 60.5 Å². The van der Waals surface area contributed by atoms with Gasteiger partial charge >= 0.3 is 0 Å². The SMILES string of the molecule is CCOc1cc(/C(O)=C2/C(=O)C(=O)N(Cc3ccncc3)C2c2ccc(Cl)cc2)ccc1Cl. The number of carbonyl (C=O) groups excluding carboxylic acids is 2. The lowest BCUT2D eigenvalue weighted by Gasteiger charge is -2.25. The number of hydrogen-bond acceptors (Lipinski definition) is 5. The first-order valence-corrected chi connectivity index (χ1v) is 11.0. The van der Waals surface area contributed by atoms with E-state index in [0.717, 1.165) is 5.56 Å². The normalized spacial score (nSPS) is 17.4. The number of amides is 1. The van der Waals surface area contributed by atoms with E-state index in [9.17, 15) is 14.7 Å². The second-order valence-electron chi connectivity index (χ2n) is 7.41. The molecule has 0 saturated carbocycles. The highest BCUT2D eigenvalue weighted by molar-refractivity contribution is 6.46. The molecule has 1 fully saturated rings. The van der Waals surface area contributed by atoms with Crippen molar-refractivity contribution < 1.29 is 19.4 Å². The van der Waals surface area contributed by atoms with Crippen molar-refractivity contribution in [2.24, 2.45) is 0 Å². The molecule has 33 heavy (non-hydrogen) atoms. The van der Waals surface area contributed by atoms with Crippen LogP contribution in [0.3, 0.4) is 0 Å². The Labute approximate surface area is 201 Å². The Kier molecular flexibility index (Phi) is 6.67. The summed E-state index contributed by atoms with van der Waals surface area (Å²) in [6, 6.07) is 14.3. The van der Waals surface area contributed by atoms with Gasteiger partial charge in [0.1, 0.15) is 11.5 Å². The maximum absolute atomic E-state index is 13.1. The first kappa shape index (κ1) is 22.8. The van der Waals surface area contributed by atoms with Crippen LogP contribution in [0.1, 0.15) is 29.7 Å². The molecule has 4 rings (SSSR count). The summed E-state index contributed by atoms with van der Waals surface area (Å²) < 4.78 is 5.51. The highest BCUT2D eigenvalue weighted by Crippen LogP contribution is 2.41. The van der Waals surface area contributed by atoms with Crippen LogP contribution in [0.2, 0.25) is 10.0 Å². The van der Waals surface area contributed by atoms with Gasteiger partial charge in [-0.15, -0.1) is 0 Å². The minimum absolute atomic E-state index is 0.0128. The number of likely N-dealkylation sites (tertiary alicyclic amines) is 1. The van der Waals surface area contributed by atoms with E-state index in [-0.39, 0.29) is 17.9 Å². The van der Waals surface area contributed by atoms with Crippen LogP contribution >= 0.6 is 23.2 Å². The van der Waals surface area contributed by atoms with Crippen LogP contribution in [0.25, 0.3) is 5.76 Å². The van der Waals surface area contributed by atoms with Crippen LogP contribution in [0.4, 0.5) is 0 Å². The van der Waals surface area contributed by atoms with Crippen LogP contribution < -0.4 is 4.74 Å². The van der Waals surface area contributed by atoms with Crippen molar-refractivity contribution in [3.8, 4) is 5.75 Å². The molecule has 1 saturated heterocycles. The second kappa shape index (κ2) is 9.65. The molecule has 0 bridgehead atoms. The molecular weight excluding hydrogens is 463 g/mol. The van der Waals surface area contributed by atoms with Crippen molar-refractivity contribution in [2.45, 2.75) is 19.5 Å². The number of carbonyl (C=O) groups is 2. The van der Waals surface area contributed by atoms with E-state index in [1.807, 2.05) is 6.92 Å². The number of aromatic nitrogens is 1. The molecule has 6 nitrogen and oxygen atoms in total. The molecule has 3 aromatic rings. The molecule has 1 aliphatic rings. The lowest BCUT2D eigenvalue weighted by Crippen LogP contribution is -2.29. The average Bonchev–Trinajstić information content (AvgIpc) is 3.06. The zero-order valence-corrected chi connectivity index (χ0v) is 19.2. The fourth-order valence-corrected chi connectivity index (χ4v) is 4.09. The number of ether oxygens (including phenoxy) is 1. The first-order valence-electron chi connectivity index (χ1n) is 10.3. The summed E-state index contributed by atoms with van der Waals surface area (Å²) in [5, 5.41) is 12.1. The fourth-order valence-electron chi connectivity index (χ4n) is 3.79. The summed E-state index contributed by atoms with van der Waals surface area (Å²) in [7, 11) is 0. The molecule has 0 spiro atoms. The van der Waals surface area contributed by atoms with Crippen molar-refractivity contribution in [1.29, 1.82) is 0 Å². The lowest BCUT2D eigenvalue weighted by molar-refractivity contribution is -0.140. The number of aliphatic hydroxyl groups is 1. The Balaban J connectivity index is 1.86. The van der Waals surface area contributed by atoms with Gasteiger partial charge in [0.2, 0.25) is 0 Å². The maximum Gasteiger partial charge on any atom is 0.295 e. The largest absolute Gasteiger partial charge is 0.507 e. The third-order valence-electron chi connectivity index (χ3n) is 5.33. The van der Waals surface area contributed by atoms with Gasteiger partial charge in [-0.1, -0.05) is 35.3 Å². The van der Waals surface area contributed by atoms with E-state index in [0.29, 0.717) is 33.5 Å².